The number of amides is 1. The number of hydrogen-bond donors (Lipinski definition) is 2. The van der Waals surface area contributed by atoms with Crippen molar-refractivity contribution < 1.29 is 14.0 Å². The first-order valence-corrected chi connectivity index (χ1v) is 7.80. The Morgan fingerprint density at radius 1 is 1.08 bits per heavy atom. The van der Waals surface area contributed by atoms with Crippen LogP contribution in [-0.4, -0.2) is 34.2 Å². The molecular weight excluding hydrogens is 339 g/mol. The van der Waals surface area contributed by atoms with Gasteiger partial charge in [0.2, 0.25) is 5.91 Å². The van der Waals surface area contributed by atoms with E-state index in [1.165, 1.54) is 34.9 Å². The molecule has 0 aliphatic rings. The maximum Gasteiger partial charge on any atom is 0.281 e. The first-order chi connectivity index (χ1) is 12.5. The van der Waals surface area contributed by atoms with Gasteiger partial charge in [0.15, 0.2) is 5.78 Å². The molecule has 0 spiro atoms. The Morgan fingerprint density at radius 3 is 2.62 bits per heavy atom. The van der Waals surface area contributed by atoms with E-state index < -0.39 is 11.7 Å². The maximum absolute atomic E-state index is 12.8. The number of carbonyl (C=O) groups is 2. The topological polar surface area (TPSA) is 92.6 Å². The van der Waals surface area contributed by atoms with Crippen LogP contribution in [0.25, 0.3) is 5.65 Å². The minimum absolute atomic E-state index is 0.175. The van der Waals surface area contributed by atoms with Crippen LogP contribution in [0.2, 0.25) is 0 Å². The van der Waals surface area contributed by atoms with Gasteiger partial charge in [-0.05, 0) is 36.4 Å². The molecule has 0 saturated carbocycles. The van der Waals surface area contributed by atoms with Crippen LogP contribution in [0.1, 0.15) is 10.4 Å². The smallest absolute Gasteiger partial charge is 0.281 e. The molecule has 1 amide bonds. The number of halogens is 1. The van der Waals surface area contributed by atoms with E-state index in [9.17, 15) is 18.8 Å². The number of benzene rings is 1. The van der Waals surface area contributed by atoms with Gasteiger partial charge in [0, 0.05) is 11.8 Å². The Kier molecular flexibility index (Phi) is 5.02. The van der Waals surface area contributed by atoms with Crippen LogP contribution in [0.15, 0.2) is 59.7 Å². The summed E-state index contributed by atoms with van der Waals surface area (Å²) in [6.45, 7) is -0.409. The number of anilines is 1. The summed E-state index contributed by atoms with van der Waals surface area (Å²) in [6.07, 6.45) is 2.94. The Morgan fingerprint density at radius 2 is 1.85 bits per heavy atom. The molecular formula is C18H15FN4O3. The quantitative estimate of drug-likeness (QED) is 0.650. The van der Waals surface area contributed by atoms with Gasteiger partial charge in [0.1, 0.15) is 17.2 Å². The molecule has 2 N–H and O–H groups in total. The van der Waals surface area contributed by atoms with Crippen LogP contribution >= 0.6 is 0 Å². The highest BCUT2D eigenvalue weighted by Gasteiger charge is 2.10. The van der Waals surface area contributed by atoms with Crippen molar-refractivity contribution in [2.45, 2.75) is 0 Å². The summed E-state index contributed by atoms with van der Waals surface area (Å²) in [6, 6.07) is 10.2. The summed E-state index contributed by atoms with van der Waals surface area (Å²) in [7, 11) is 0. The zero-order valence-electron chi connectivity index (χ0n) is 13.6. The summed E-state index contributed by atoms with van der Waals surface area (Å²) >= 11 is 0. The van der Waals surface area contributed by atoms with Gasteiger partial charge in [-0.3, -0.25) is 18.8 Å². The normalized spacial score (nSPS) is 10.5. The lowest BCUT2D eigenvalue weighted by molar-refractivity contribution is -0.119. The molecule has 3 rings (SSSR count). The molecule has 0 aliphatic heterocycles. The molecule has 7 nitrogen and oxygen atoms in total. The SMILES string of the molecule is O=C(CNc1cnc2ccccn2c1=O)NCC(=O)c1ccc(F)cc1. The second-order valence-electron chi connectivity index (χ2n) is 5.47. The van der Waals surface area contributed by atoms with Crippen LogP contribution in [-0.2, 0) is 4.79 Å². The third-order valence-electron chi connectivity index (χ3n) is 3.67. The van der Waals surface area contributed by atoms with Crippen molar-refractivity contribution in [2.75, 3.05) is 18.4 Å². The van der Waals surface area contributed by atoms with Gasteiger partial charge in [0.05, 0.1) is 19.3 Å². The van der Waals surface area contributed by atoms with Crippen molar-refractivity contribution >= 4 is 23.0 Å². The molecule has 0 unspecified atom stereocenters. The molecule has 26 heavy (non-hydrogen) atoms. The molecule has 8 heteroatoms. The third-order valence-corrected chi connectivity index (χ3v) is 3.67. The predicted molar refractivity (Wildman–Crippen MR) is 93.7 cm³/mol. The average Bonchev–Trinajstić information content (AvgIpc) is 2.66. The number of fused-ring (bicyclic) bond motifs is 1. The summed E-state index contributed by atoms with van der Waals surface area (Å²) in [4.78, 5) is 40.2. The number of nitrogens with one attached hydrogen (secondary N) is 2. The maximum atomic E-state index is 12.8. The molecule has 0 atom stereocenters. The van der Waals surface area contributed by atoms with Crippen LogP contribution in [0.3, 0.4) is 0 Å². The van der Waals surface area contributed by atoms with Crippen molar-refractivity contribution in [3.63, 3.8) is 0 Å². The number of rotatable bonds is 6. The Bertz CT molecular complexity index is 1010. The number of pyridine rings is 1. The van der Waals surface area contributed by atoms with Gasteiger partial charge in [-0.1, -0.05) is 6.07 Å². The van der Waals surface area contributed by atoms with Gasteiger partial charge in [-0.25, -0.2) is 9.37 Å². The molecule has 0 radical (unpaired) electrons. The molecule has 2 heterocycles. The van der Waals surface area contributed by atoms with Crippen molar-refractivity contribution in [1.29, 1.82) is 0 Å². The van der Waals surface area contributed by atoms with Crippen molar-refractivity contribution in [3.8, 4) is 0 Å². The number of Topliss-reactive ketones (excluding diaryl/α,β-unsaturated/α-hetero) is 1. The lowest BCUT2D eigenvalue weighted by atomic mass is 10.1. The summed E-state index contributed by atoms with van der Waals surface area (Å²) in [5.74, 6) is -1.24. The Balaban J connectivity index is 1.56. The zero-order chi connectivity index (χ0) is 18.5. The standard InChI is InChI=1S/C18H15FN4O3/c19-13-6-4-12(5-7-13)15(24)10-22-17(25)11-20-14-9-21-16-3-1-2-8-23(16)18(14)26/h1-9,20H,10-11H2,(H,22,25). The van der Waals surface area contributed by atoms with E-state index in [1.807, 2.05) is 0 Å². The van der Waals surface area contributed by atoms with E-state index in [0.29, 0.717) is 11.2 Å². The van der Waals surface area contributed by atoms with Gasteiger partial charge < -0.3 is 10.6 Å². The highest BCUT2D eigenvalue weighted by atomic mass is 19.1. The number of carbonyl (C=O) groups excluding carboxylic acids is 2. The molecule has 0 bridgehead atoms. The van der Waals surface area contributed by atoms with Gasteiger partial charge >= 0.3 is 0 Å². The molecule has 0 fully saturated rings. The van der Waals surface area contributed by atoms with Crippen LogP contribution < -0.4 is 16.2 Å². The fraction of sp³-hybridized carbons (Fsp3) is 0.111. The largest absolute Gasteiger partial charge is 0.370 e. The number of ketones is 1. The molecule has 1 aromatic carbocycles. The summed E-state index contributed by atoms with van der Waals surface area (Å²) in [5, 5.41) is 5.16. The minimum atomic E-state index is -0.460. The van der Waals surface area contributed by atoms with E-state index in [0.717, 1.165) is 0 Å². The Hall–Kier alpha value is -3.55. The highest BCUT2D eigenvalue weighted by Crippen LogP contribution is 2.03. The van der Waals surface area contributed by atoms with Crippen LogP contribution in [0, 0.1) is 5.82 Å². The second kappa shape index (κ2) is 7.56. The highest BCUT2D eigenvalue weighted by molar-refractivity contribution is 5.99. The Labute approximate surface area is 147 Å². The molecule has 0 saturated heterocycles. The molecule has 2 aromatic heterocycles. The van der Waals surface area contributed by atoms with E-state index in [4.69, 9.17) is 0 Å². The fourth-order valence-corrected chi connectivity index (χ4v) is 2.30. The lowest BCUT2D eigenvalue weighted by Gasteiger charge is -2.08. The molecule has 3 aromatic rings. The van der Waals surface area contributed by atoms with E-state index in [-0.39, 0.29) is 30.1 Å². The first-order valence-electron chi connectivity index (χ1n) is 7.80. The van der Waals surface area contributed by atoms with Crippen molar-refractivity contribution in [3.05, 3.63) is 76.6 Å². The summed E-state index contributed by atoms with van der Waals surface area (Å²) < 4.78 is 14.2. The average molecular weight is 354 g/mol. The number of nitrogens with zero attached hydrogens (tertiary/aromatic N) is 2. The fourth-order valence-electron chi connectivity index (χ4n) is 2.30. The monoisotopic (exact) mass is 354 g/mol. The molecule has 132 valence electrons. The lowest BCUT2D eigenvalue weighted by Crippen LogP contribution is -2.35. The van der Waals surface area contributed by atoms with E-state index >= 15 is 0 Å². The van der Waals surface area contributed by atoms with Gasteiger partial charge in [-0.2, -0.15) is 0 Å². The van der Waals surface area contributed by atoms with Crippen LogP contribution in [0.4, 0.5) is 10.1 Å². The van der Waals surface area contributed by atoms with Crippen molar-refractivity contribution in [2.24, 2.45) is 0 Å². The van der Waals surface area contributed by atoms with Gasteiger partial charge in [-0.15, -0.1) is 0 Å². The second-order valence-corrected chi connectivity index (χ2v) is 5.47. The first kappa shape index (κ1) is 17.3. The van der Waals surface area contributed by atoms with Gasteiger partial charge in [0.25, 0.3) is 5.56 Å². The molecule has 0 aliphatic carbocycles. The van der Waals surface area contributed by atoms with Crippen LogP contribution in [0.5, 0.6) is 0 Å². The summed E-state index contributed by atoms with van der Waals surface area (Å²) in [5.41, 5.74) is 0.647. The van der Waals surface area contributed by atoms with E-state index in [2.05, 4.69) is 15.6 Å². The third kappa shape index (κ3) is 3.92. The predicted octanol–water partition coefficient (Wildman–Crippen LogP) is 1.24. The zero-order valence-corrected chi connectivity index (χ0v) is 13.6. The minimum Gasteiger partial charge on any atom is -0.370 e. The van der Waals surface area contributed by atoms with E-state index in [1.54, 1.807) is 24.4 Å². The van der Waals surface area contributed by atoms with Crippen molar-refractivity contribution in [1.82, 2.24) is 14.7 Å². The number of aromatic nitrogens is 2. The number of hydrogen-bond acceptors (Lipinski definition) is 5.